The molecule has 2 amide bonds. The number of likely N-dealkylation sites (tertiary alicyclic amines) is 2. The molecule has 2 aliphatic rings. The van der Waals surface area contributed by atoms with E-state index in [9.17, 15) is 9.59 Å². The number of aryl methyl sites for hydroxylation is 1. The summed E-state index contributed by atoms with van der Waals surface area (Å²) in [6.07, 6.45) is 4.90. The van der Waals surface area contributed by atoms with E-state index in [4.69, 9.17) is 4.52 Å². The van der Waals surface area contributed by atoms with Crippen LogP contribution in [0.15, 0.2) is 35.0 Å². The van der Waals surface area contributed by atoms with Gasteiger partial charge < -0.3 is 14.3 Å². The summed E-state index contributed by atoms with van der Waals surface area (Å²) in [5.41, 5.74) is 1.30. The fourth-order valence-corrected chi connectivity index (χ4v) is 4.08. The lowest BCUT2D eigenvalue weighted by atomic mass is 9.94. The Labute approximate surface area is 158 Å². The highest BCUT2D eigenvalue weighted by molar-refractivity contribution is 5.92. The fraction of sp³-hybridized carbons (Fsp3) is 0.500. The zero-order valence-corrected chi connectivity index (χ0v) is 15.5. The molecule has 0 radical (unpaired) electrons. The van der Waals surface area contributed by atoms with Gasteiger partial charge in [0.05, 0.1) is 11.7 Å². The van der Waals surface area contributed by atoms with Gasteiger partial charge in [0, 0.05) is 37.8 Å². The molecule has 0 bridgehead atoms. The van der Waals surface area contributed by atoms with Crippen LogP contribution < -0.4 is 0 Å². The van der Waals surface area contributed by atoms with E-state index in [2.05, 4.69) is 10.1 Å². The summed E-state index contributed by atoms with van der Waals surface area (Å²) in [5.74, 6) is 0.859. The van der Waals surface area contributed by atoms with Gasteiger partial charge in [-0.3, -0.25) is 14.6 Å². The molecule has 142 valence electrons. The summed E-state index contributed by atoms with van der Waals surface area (Å²) in [7, 11) is 0. The van der Waals surface area contributed by atoms with Gasteiger partial charge in [-0.15, -0.1) is 0 Å². The van der Waals surface area contributed by atoms with Crippen LogP contribution in [-0.4, -0.2) is 51.4 Å². The summed E-state index contributed by atoms with van der Waals surface area (Å²) >= 11 is 0. The molecule has 0 saturated carbocycles. The van der Waals surface area contributed by atoms with E-state index in [0.717, 1.165) is 30.8 Å². The van der Waals surface area contributed by atoms with Crippen molar-refractivity contribution in [3.63, 3.8) is 0 Å². The molecule has 2 aromatic rings. The van der Waals surface area contributed by atoms with Gasteiger partial charge >= 0.3 is 0 Å². The third-order valence-electron chi connectivity index (χ3n) is 5.53. The Morgan fingerprint density at radius 1 is 1.15 bits per heavy atom. The molecule has 0 spiro atoms. The number of piperidine rings is 1. The molecule has 2 aliphatic heterocycles. The molecule has 2 aromatic heterocycles. The van der Waals surface area contributed by atoms with Crippen LogP contribution in [0.1, 0.15) is 53.7 Å². The molecule has 27 heavy (non-hydrogen) atoms. The van der Waals surface area contributed by atoms with Crippen LogP contribution in [0, 0.1) is 12.8 Å². The number of nitrogens with zero attached hydrogens (tertiary/aromatic N) is 4. The van der Waals surface area contributed by atoms with Crippen molar-refractivity contribution in [1.29, 1.82) is 0 Å². The lowest BCUT2D eigenvalue weighted by Crippen LogP contribution is -2.44. The zero-order valence-electron chi connectivity index (χ0n) is 15.5. The quantitative estimate of drug-likeness (QED) is 0.832. The second-order valence-electron chi connectivity index (χ2n) is 7.34. The summed E-state index contributed by atoms with van der Waals surface area (Å²) < 4.78 is 5.41. The number of hydrogen-bond acceptors (Lipinski definition) is 5. The normalized spacial score (nSPS) is 20.9. The van der Waals surface area contributed by atoms with Crippen molar-refractivity contribution >= 4 is 11.8 Å². The van der Waals surface area contributed by atoms with Gasteiger partial charge in [-0.05, 0) is 44.7 Å². The Morgan fingerprint density at radius 3 is 2.63 bits per heavy atom. The van der Waals surface area contributed by atoms with E-state index >= 15 is 0 Å². The SMILES string of the molecule is Cc1cc([C@@H]2CCCN2C(=O)C2CCN(C(=O)c3ccccn3)CC2)on1. The molecular formula is C20H24N4O3. The summed E-state index contributed by atoms with van der Waals surface area (Å²) in [5, 5.41) is 3.96. The van der Waals surface area contributed by atoms with Gasteiger partial charge in [0.1, 0.15) is 5.69 Å². The maximum Gasteiger partial charge on any atom is 0.272 e. The number of amides is 2. The van der Waals surface area contributed by atoms with Gasteiger partial charge in [-0.2, -0.15) is 0 Å². The van der Waals surface area contributed by atoms with E-state index < -0.39 is 0 Å². The number of aromatic nitrogens is 2. The molecule has 4 rings (SSSR count). The third kappa shape index (κ3) is 3.59. The Balaban J connectivity index is 1.38. The number of carbonyl (C=O) groups excluding carboxylic acids is 2. The number of hydrogen-bond donors (Lipinski definition) is 0. The Kier molecular flexibility index (Phi) is 4.92. The predicted octanol–water partition coefficient (Wildman–Crippen LogP) is 2.59. The molecule has 7 heteroatoms. The van der Waals surface area contributed by atoms with Crippen molar-refractivity contribution < 1.29 is 14.1 Å². The van der Waals surface area contributed by atoms with Crippen molar-refractivity contribution in [2.75, 3.05) is 19.6 Å². The average molecular weight is 368 g/mol. The van der Waals surface area contributed by atoms with Crippen molar-refractivity contribution in [3.05, 3.63) is 47.6 Å². The highest BCUT2D eigenvalue weighted by atomic mass is 16.5. The predicted molar refractivity (Wildman–Crippen MR) is 97.8 cm³/mol. The summed E-state index contributed by atoms with van der Waals surface area (Å²) in [6, 6.07) is 7.25. The summed E-state index contributed by atoms with van der Waals surface area (Å²) in [4.78, 5) is 33.5. The van der Waals surface area contributed by atoms with Crippen LogP contribution >= 0.6 is 0 Å². The molecule has 1 atom stereocenters. The van der Waals surface area contributed by atoms with Gasteiger partial charge in [0.15, 0.2) is 5.76 Å². The Bertz CT molecular complexity index is 812. The molecular weight excluding hydrogens is 344 g/mol. The first-order valence-corrected chi connectivity index (χ1v) is 9.57. The van der Waals surface area contributed by atoms with Crippen molar-refractivity contribution in [2.24, 2.45) is 5.92 Å². The average Bonchev–Trinajstić information content (AvgIpc) is 3.36. The second-order valence-corrected chi connectivity index (χ2v) is 7.34. The lowest BCUT2D eigenvalue weighted by Gasteiger charge is -2.34. The second kappa shape index (κ2) is 7.50. The van der Waals surface area contributed by atoms with E-state index in [1.54, 1.807) is 23.2 Å². The Morgan fingerprint density at radius 2 is 1.96 bits per heavy atom. The molecule has 0 N–H and O–H groups in total. The molecule has 2 fully saturated rings. The maximum atomic E-state index is 13.1. The molecule has 4 heterocycles. The van der Waals surface area contributed by atoms with Gasteiger partial charge in [0.2, 0.25) is 5.91 Å². The minimum Gasteiger partial charge on any atom is -0.359 e. The first-order chi connectivity index (χ1) is 13.1. The fourth-order valence-electron chi connectivity index (χ4n) is 4.08. The standard InChI is InChI=1S/C20H24N4O3/c1-14-13-18(27-22-14)17-6-4-10-24(17)19(25)15-7-11-23(12-8-15)20(26)16-5-2-3-9-21-16/h2-3,5,9,13,15,17H,4,6-8,10-12H2,1H3/t17-/m0/s1. The van der Waals surface area contributed by atoms with E-state index in [1.165, 1.54) is 0 Å². The first kappa shape index (κ1) is 17.7. The van der Waals surface area contributed by atoms with E-state index in [-0.39, 0.29) is 23.8 Å². The van der Waals surface area contributed by atoms with Crippen molar-refractivity contribution in [1.82, 2.24) is 19.9 Å². The van der Waals surface area contributed by atoms with Crippen LogP contribution in [0.2, 0.25) is 0 Å². The number of pyridine rings is 1. The van der Waals surface area contributed by atoms with Crippen LogP contribution in [-0.2, 0) is 4.79 Å². The highest BCUT2D eigenvalue weighted by Gasteiger charge is 2.37. The molecule has 0 unspecified atom stereocenters. The monoisotopic (exact) mass is 368 g/mol. The van der Waals surface area contributed by atoms with Gasteiger partial charge in [-0.25, -0.2) is 0 Å². The van der Waals surface area contributed by atoms with Crippen LogP contribution in [0.3, 0.4) is 0 Å². The lowest BCUT2D eigenvalue weighted by molar-refractivity contribution is -0.138. The van der Waals surface area contributed by atoms with Gasteiger partial charge in [0.25, 0.3) is 5.91 Å². The molecule has 0 aliphatic carbocycles. The molecule has 7 nitrogen and oxygen atoms in total. The largest absolute Gasteiger partial charge is 0.359 e. The number of carbonyl (C=O) groups is 2. The van der Waals surface area contributed by atoms with Crippen LogP contribution in [0.25, 0.3) is 0 Å². The Hall–Kier alpha value is -2.70. The minimum atomic E-state index is -0.0577. The van der Waals surface area contributed by atoms with E-state index in [0.29, 0.717) is 31.6 Å². The van der Waals surface area contributed by atoms with Crippen LogP contribution in [0.4, 0.5) is 0 Å². The maximum absolute atomic E-state index is 13.1. The molecule has 0 aromatic carbocycles. The smallest absolute Gasteiger partial charge is 0.272 e. The first-order valence-electron chi connectivity index (χ1n) is 9.57. The minimum absolute atomic E-state index is 0.00752. The van der Waals surface area contributed by atoms with Gasteiger partial charge in [-0.1, -0.05) is 11.2 Å². The van der Waals surface area contributed by atoms with Crippen LogP contribution in [0.5, 0.6) is 0 Å². The highest BCUT2D eigenvalue weighted by Crippen LogP contribution is 2.35. The van der Waals surface area contributed by atoms with Crippen molar-refractivity contribution in [2.45, 2.75) is 38.6 Å². The zero-order chi connectivity index (χ0) is 18.8. The summed E-state index contributed by atoms with van der Waals surface area (Å²) in [6.45, 7) is 3.83. The number of rotatable bonds is 3. The van der Waals surface area contributed by atoms with E-state index in [1.807, 2.05) is 24.0 Å². The molecule has 2 saturated heterocycles. The topological polar surface area (TPSA) is 79.5 Å². The third-order valence-corrected chi connectivity index (χ3v) is 5.53. The van der Waals surface area contributed by atoms with Crippen molar-refractivity contribution in [3.8, 4) is 0 Å².